The topological polar surface area (TPSA) is 183 Å². The molecule has 0 fully saturated rings. The first kappa shape index (κ1) is 32.7. The van der Waals surface area contributed by atoms with E-state index in [1.807, 2.05) is 0 Å². The highest BCUT2D eigenvalue weighted by molar-refractivity contribution is 8.18. The molecule has 14 nitrogen and oxygen atoms in total. The molecule has 0 unspecified atom stereocenters. The molecule has 0 atom stereocenters. The summed E-state index contributed by atoms with van der Waals surface area (Å²) >= 11 is 1.50. The van der Waals surface area contributed by atoms with E-state index in [0.717, 1.165) is 37.7 Å². The van der Waals surface area contributed by atoms with Crippen LogP contribution in [-0.2, 0) is 47.9 Å². The lowest BCUT2D eigenvalue weighted by molar-refractivity contribution is -0.133. The number of benzene rings is 2. The van der Waals surface area contributed by atoms with Gasteiger partial charge in [-0.15, -0.1) is 0 Å². The molecule has 2 rings (SSSR count). The van der Waals surface area contributed by atoms with Crippen LogP contribution in [0.15, 0.2) is 68.6 Å². The van der Waals surface area contributed by atoms with Crippen molar-refractivity contribution >= 4 is 65.8 Å². The Balaban J connectivity index is 2.06. The molecule has 0 N–H and O–H groups in total. The fraction of sp³-hybridized carbons (Fsp3) is 0.273. The van der Waals surface area contributed by atoms with Gasteiger partial charge in [0.1, 0.15) is 21.3 Å². The highest BCUT2D eigenvalue weighted by atomic mass is 32.2. The quantitative estimate of drug-likeness (QED) is 0.115. The molecule has 0 aliphatic rings. The summed E-state index contributed by atoms with van der Waals surface area (Å²) in [6.07, 6.45) is 0. The van der Waals surface area contributed by atoms with Gasteiger partial charge in [-0.25, -0.2) is 9.59 Å². The SMILES string of the molecule is COC(=O)C(=NOS(=O)(=O)c1ccc(OC)cc1)SCCSC(=NOS(=O)(=O)c1ccc(OC)cc1)C(=O)OC. The number of esters is 2. The number of thioether (sulfide) groups is 2. The van der Waals surface area contributed by atoms with Crippen molar-refractivity contribution in [3.8, 4) is 11.5 Å². The van der Waals surface area contributed by atoms with Gasteiger partial charge in [0.2, 0.25) is 10.1 Å². The second kappa shape index (κ2) is 15.3. The molecule has 218 valence electrons. The van der Waals surface area contributed by atoms with Gasteiger partial charge in [0.15, 0.2) is 0 Å². The summed E-state index contributed by atoms with van der Waals surface area (Å²) < 4.78 is 78.0. The number of carbonyl (C=O) groups is 2. The molecule has 40 heavy (non-hydrogen) atoms. The summed E-state index contributed by atoms with van der Waals surface area (Å²) in [7, 11) is -3.76. The van der Waals surface area contributed by atoms with Crippen LogP contribution in [-0.4, -0.2) is 78.8 Å². The van der Waals surface area contributed by atoms with Crippen molar-refractivity contribution in [2.24, 2.45) is 10.3 Å². The Labute approximate surface area is 239 Å². The number of methoxy groups -OCH3 is 4. The Bertz CT molecular complexity index is 1330. The zero-order valence-corrected chi connectivity index (χ0v) is 24.7. The second-order valence-electron chi connectivity index (χ2n) is 6.88. The molecular weight excluding hydrogens is 613 g/mol. The van der Waals surface area contributed by atoms with E-state index >= 15 is 0 Å². The molecule has 0 aliphatic heterocycles. The normalized spacial score (nSPS) is 12.3. The first-order valence-electron chi connectivity index (χ1n) is 10.7. The van der Waals surface area contributed by atoms with Crippen LogP contribution in [0.5, 0.6) is 11.5 Å². The van der Waals surface area contributed by atoms with E-state index in [4.69, 9.17) is 9.47 Å². The van der Waals surface area contributed by atoms with Gasteiger partial charge in [0.05, 0.1) is 28.4 Å². The van der Waals surface area contributed by atoms with Crippen molar-refractivity contribution in [1.82, 2.24) is 0 Å². The summed E-state index contributed by atoms with van der Waals surface area (Å²) in [6.45, 7) is 0. The molecule has 0 amide bonds. The third-order valence-electron chi connectivity index (χ3n) is 4.41. The van der Waals surface area contributed by atoms with Crippen molar-refractivity contribution in [1.29, 1.82) is 0 Å². The van der Waals surface area contributed by atoms with Gasteiger partial charge in [-0.1, -0.05) is 33.8 Å². The van der Waals surface area contributed by atoms with Crippen LogP contribution >= 0.6 is 23.5 Å². The summed E-state index contributed by atoms with van der Waals surface area (Å²) in [5, 5.41) is 5.95. The molecule has 0 radical (unpaired) electrons. The standard InChI is InChI=1S/C22H24N2O12S4/c1-31-15-5-9-17(10-6-15)39(27,28)35-23-19(21(25)33-3)37-13-14-38-20(22(26)34-4)24-36-40(29,30)18-11-7-16(32-2)8-12-18/h5-12H,13-14H2,1-4H3. The minimum atomic E-state index is -4.36. The van der Waals surface area contributed by atoms with E-state index in [9.17, 15) is 26.4 Å². The van der Waals surface area contributed by atoms with Crippen LogP contribution in [0.3, 0.4) is 0 Å². The average molecular weight is 637 g/mol. The lowest BCUT2D eigenvalue weighted by Gasteiger charge is -2.07. The Morgan fingerprint density at radius 1 is 0.625 bits per heavy atom. The molecule has 0 saturated carbocycles. The van der Waals surface area contributed by atoms with E-state index in [0.29, 0.717) is 11.5 Å². The van der Waals surface area contributed by atoms with Gasteiger partial charge in [0, 0.05) is 11.5 Å². The number of hydrogen-bond acceptors (Lipinski definition) is 16. The van der Waals surface area contributed by atoms with Crippen molar-refractivity contribution in [3.63, 3.8) is 0 Å². The largest absolute Gasteiger partial charge is 0.497 e. The van der Waals surface area contributed by atoms with Crippen molar-refractivity contribution in [2.75, 3.05) is 39.9 Å². The second-order valence-corrected chi connectivity index (χ2v) is 12.1. The van der Waals surface area contributed by atoms with Gasteiger partial charge in [0.25, 0.3) is 0 Å². The summed E-state index contributed by atoms with van der Waals surface area (Å²) in [5.74, 6) is -1.02. The average Bonchev–Trinajstić information content (AvgIpc) is 2.97. The maximum absolute atomic E-state index is 12.4. The Morgan fingerprint density at radius 2 is 0.950 bits per heavy atom. The van der Waals surface area contributed by atoms with Gasteiger partial charge in [-0.05, 0) is 48.5 Å². The van der Waals surface area contributed by atoms with Crippen molar-refractivity contribution < 1.29 is 53.9 Å². The molecule has 2 aromatic carbocycles. The van der Waals surface area contributed by atoms with Crippen molar-refractivity contribution in [2.45, 2.75) is 9.79 Å². The maximum Gasteiger partial charge on any atom is 0.366 e. The molecule has 18 heteroatoms. The van der Waals surface area contributed by atoms with Crippen LogP contribution in [0.1, 0.15) is 0 Å². The van der Waals surface area contributed by atoms with Gasteiger partial charge in [-0.3, -0.25) is 8.57 Å². The lowest BCUT2D eigenvalue weighted by Crippen LogP contribution is -2.17. The molecule has 0 aliphatic carbocycles. The van der Waals surface area contributed by atoms with Crippen LogP contribution < -0.4 is 9.47 Å². The van der Waals surface area contributed by atoms with Crippen LogP contribution in [0.2, 0.25) is 0 Å². The van der Waals surface area contributed by atoms with Gasteiger partial charge < -0.3 is 18.9 Å². The molecule has 2 aromatic rings. The van der Waals surface area contributed by atoms with Crippen LogP contribution in [0.25, 0.3) is 0 Å². The summed E-state index contributed by atoms with van der Waals surface area (Å²) in [4.78, 5) is 23.6. The highest BCUT2D eigenvalue weighted by Crippen LogP contribution is 2.21. The predicted octanol–water partition coefficient (Wildman–Crippen LogP) is 2.25. The van der Waals surface area contributed by atoms with E-state index in [1.165, 1.54) is 62.8 Å². The van der Waals surface area contributed by atoms with Gasteiger partial charge >= 0.3 is 32.2 Å². The Morgan fingerprint density at radius 3 is 1.23 bits per heavy atom. The third-order valence-corrected chi connectivity index (χ3v) is 8.76. The number of carbonyl (C=O) groups excluding carboxylic acids is 2. The Kier molecular flexibility index (Phi) is 12.6. The molecule has 0 aromatic heterocycles. The molecule has 0 spiro atoms. The Hall–Kier alpha value is -3.48. The molecule has 0 saturated heterocycles. The number of rotatable bonds is 11. The molecule has 0 bridgehead atoms. The lowest BCUT2D eigenvalue weighted by atomic mass is 10.3. The number of ether oxygens (including phenoxy) is 4. The fourth-order valence-electron chi connectivity index (χ4n) is 2.43. The van der Waals surface area contributed by atoms with Gasteiger partial charge in [-0.2, -0.15) is 16.8 Å². The minimum Gasteiger partial charge on any atom is -0.497 e. The van der Waals surface area contributed by atoms with Crippen LogP contribution in [0.4, 0.5) is 0 Å². The smallest absolute Gasteiger partial charge is 0.366 e. The first-order chi connectivity index (χ1) is 19.0. The number of nitrogens with zero attached hydrogens (tertiary/aromatic N) is 2. The number of hydrogen-bond donors (Lipinski definition) is 0. The minimum absolute atomic E-state index is 0.0474. The summed E-state index contributed by atoms with van der Waals surface area (Å²) in [5.41, 5.74) is 0. The molecule has 0 heterocycles. The zero-order chi connectivity index (χ0) is 29.8. The van der Waals surface area contributed by atoms with Crippen molar-refractivity contribution in [3.05, 3.63) is 48.5 Å². The number of oxime groups is 2. The van der Waals surface area contributed by atoms with E-state index in [1.54, 1.807) is 0 Å². The van der Waals surface area contributed by atoms with E-state index in [-0.39, 0.29) is 21.3 Å². The summed E-state index contributed by atoms with van der Waals surface area (Å²) in [6, 6.07) is 10.5. The van der Waals surface area contributed by atoms with Crippen LogP contribution in [0, 0.1) is 0 Å². The maximum atomic E-state index is 12.4. The molecular formula is C22H24N2O12S4. The predicted molar refractivity (Wildman–Crippen MR) is 146 cm³/mol. The first-order valence-corrected chi connectivity index (χ1v) is 15.5. The van der Waals surface area contributed by atoms with E-state index < -0.39 is 42.3 Å². The van der Waals surface area contributed by atoms with E-state index in [2.05, 4.69) is 28.4 Å². The fourth-order valence-corrected chi connectivity index (χ4v) is 5.62. The third kappa shape index (κ3) is 9.61. The monoisotopic (exact) mass is 636 g/mol. The zero-order valence-electron chi connectivity index (χ0n) is 21.5. The highest BCUT2D eigenvalue weighted by Gasteiger charge is 2.22.